The van der Waals surface area contributed by atoms with Crippen molar-refractivity contribution in [3.05, 3.63) is 28.3 Å². The molecule has 164 valence electrons. The summed E-state index contributed by atoms with van der Waals surface area (Å²) in [6.45, 7) is 5.80. The minimum absolute atomic E-state index is 0.0649. The average molecular weight is 438 g/mol. The summed E-state index contributed by atoms with van der Waals surface area (Å²) in [5, 5.41) is 11.7. The van der Waals surface area contributed by atoms with Gasteiger partial charge in [0.1, 0.15) is 6.54 Å². The summed E-state index contributed by atoms with van der Waals surface area (Å²) < 4.78 is 11.9. The molecule has 0 N–H and O–H groups in total. The number of ether oxygens (including phenoxy) is 2. The maximum atomic E-state index is 12.3. The summed E-state index contributed by atoms with van der Waals surface area (Å²) in [7, 11) is 0. The van der Waals surface area contributed by atoms with Gasteiger partial charge in [-0.05, 0) is 39.2 Å². The lowest BCUT2D eigenvalue weighted by Crippen LogP contribution is -2.19. The maximum absolute atomic E-state index is 12.3. The number of carbonyl (C=O) groups excluding carboxylic acids is 2. The van der Waals surface area contributed by atoms with E-state index in [9.17, 15) is 19.7 Å². The van der Waals surface area contributed by atoms with Crippen LogP contribution < -0.4 is 0 Å². The molecular weight excluding hydrogens is 410 g/mol. The molecule has 9 nitrogen and oxygen atoms in total. The van der Waals surface area contributed by atoms with Gasteiger partial charge in [0, 0.05) is 24.3 Å². The predicted octanol–water partition coefficient (Wildman–Crippen LogP) is 4.11. The van der Waals surface area contributed by atoms with Crippen molar-refractivity contribution in [1.29, 1.82) is 0 Å². The molecule has 1 aromatic heterocycles. The van der Waals surface area contributed by atoms with Crippen LogP contribution in [0.15, 0.2) is 23.4 Å². The molecule has 0 saturated carbocycles. The number of imidazole rings is 1. The molecule has 1 aromatic carbocycles. The van der Waals surface area contributed by atoms with E-state index in [1.54, 1.807) is 17.6 Å². The smallest absolute Gasteiger partial charge is 0.326 e. The van der Waals surface area contributed by atoms with Gasteiger partial charge in [-0.3, -0.25) is 19.7 Å². The summed E-state index contributed by atoms with van der Waals surface area (Å²) >= 11 is 1.44. The molecule has 0 aliphatic heterocycles. The second-order valence-corrected chi connectivity index (χ2v) is 7.79. The van der Waals surface area contributed by atoms with Gasteiger partial charge in [0.25, 0.3) is 5.69 Å². The molecule has 2 aromatic rings. The number of unbranched alkanes of at least 4 members (excludes halogenated alkanes) is 1. The molecule has 1 heterocycles. The van der Waals surface area contributed by atoms with Gasteiger partial charge in [-0.2, -0.15) is 0 Å². The number of aromatic nitrogens is 2. The van der Waals surface area contributed by atoms with E-state index in [0.717, 1.165) is 6.42 Å². The zero-order valence-corrected chi connectivity index (χ0v) is 18.3. The van der Waals surface area contributed by atoms with E-state index in [0.29, 0.717) is 47.8 Å². The van der Waals surface area contributed by atoms with Crippen LogP contribution in [0.3, 0.4) is 0 Å². The molecule has 1 unspecified atom stereocenters. The second kappa shape index (κ2) is 11.5. The summed E-state index contributed by atoms with van der Waals surface area (Å²) in [5.41, 5.74) is 1.02. The number of fused-ring (bicyclic) bond motifs is 1. The highest BCUT2D eigenvalue weighted by atomic mass is 32.2. The third kappa shape index (κ3) is 6.72. The Morgan fingerprint density at radius 3 is 2.70 bits per heavy atom. The lowest BCUT2D eigenvalue weighted by molar-refractivity contribution is -0.384. The van der Waals surface area contributed by atoms with Crippen LogP contribution in [-0.4, -0.2) is 44.9 Å². The van der Waals surface area contributed by atoms with Crippen LogP contribution >= 0.6 is 11.8 Å². The molecule has 0 saturated heterocycles. The standard InChI is InChI=1S/C20H27N3O6S/c1-4-14(3)29-19(25)13-22-17-12-15(23(26)27)9-10-16(17)21-20(22)30-11-7-6-8-18(24)28-5-2/h9-10,12,14H,4-8,11,13H2,1-3H3. The molecule has 0 fully saturated rings. The van der Waals surface area contributed by atoms with Gasteiger partial charge in [0.05, 0.1) is 28.7 Å². The van der Waals surface area contributed by atoms with E-state index >= 15 is 0 Å². The van der Waals surface area contributed by atoms with Crippen LogP contribution in [0.5, 0.6) is 0 Å². The van der Waals surface area contributed by atoms with E-state index in [1.807, 2.05) is 13.8 Å². The number of thioether (sulfide) groups is 1. The van der Waals surface area contributed by atoms with Crippen LogP contribution in [0.1, 0.15) is 46.5 Å². The Morgan fingerprint density at radius 1 is 1.27 bits per heavy atom. The number of carbonyl (C=O) groups is 2. The minimum atomic E-state index is -0.476. The fraction of sp³-hybridized carbons (Fsp3) is 0.550. The number of benzene rings is 1. The first-order chi connectivity index (χ1) is 14.3. The third-order valence-corrected chi connectivity index (χ3v) is 5.48. The van der Waals surface area contributed by atoms with E-state index in [2.05, 4.69) is 4.98 Å². The van der Waals surface area contributed by atoms with Crippen molar-refractivity contribution in [2.75, 3.05) is 12.4 Å². The normalized spacial score (nSPS) is 12.0. The van der Waals surface area contributed by atoms with Crippen LogP contribution in [-0.2, 0) is 25.6 Å². The lowest BCUT2D eigenvalue weighted by atomic mass is 10.2. The Hall–Kier alpha value is -2.62. The van der Waals surface area contributed by atoms with Crippen LogP contribution in [0, 0.1) is 10.1 Å². The largest absolute Gasteiger partial charge is 0.466 e. The molecule has 0 aliphatic carbocycles. The zero-order chi connectivity index (χ0) is 22.1. The molecular formula is C20H27N3O6S. The Morgan fingerprint density at radius 2 is 2.03 bits per heavy atom. The van der Waals surface area contributed by atoms with E-state index in [4.69, 9.17) is 9.47 Å². The van der Waals surface area contributed by atoms with Crippen LogP contribution in [0.4, 0.5) is 5.69 Å². The van der Waals surface area contributed by atoms with Crippen LogP contribution in [0.2, 0.25) is 0 Å². The number of hydrogen-bond acceptors (Lipinski definition) is 8. The fourth-order valence-electron chi connectivity index (χ4n) is 2.71. The van der Waals surface area contributed by atoms with Gasteiger partial charge in [-0.25, -0.2) is 4.98 Å². The van der Waals surface area contributed by atoms with Crippen LogP contribution in [0.25, 0.3) is 11.0 Å². The van der Waals surface area contributed by atoms with Crippen molar-refractivity contribution < 1.29 is 24.0 Å². The van der Waals surface area contributed by atoms with Gasteiger partial charge in [0.2, 0.25) is 0 Å². The first kappa shape index (κ1) is 23.7. The molecule has 0 radical (unpaired) electrons. The number of esters is 2. The molecule has 10 heteroatoms. The SMILES string of the molecule is CCOC(=O)CCCCSc1nc2ccc([N+](=O)[O-])cc2n1CC(=O)OC(C)CC. The Bertz CT molecular complexity index is 898. The fourth-order valence-corrected chi connectivity index (χ4v) is 3.72. The number of nitro groups is 1. The number of rotatable bonds is 12. The Kier molecular flexibility index (Phi) is 9.10. The first-order valence-corrected chi connectivity index (χ1v) is 11.0. The molecule has 0 bridgehead atoms. The molecule has 0 aliphatic rings. The molecule has 2 rings (SSSR count). The Balaban J connectivity index is 2.14. The Labute approximate surface area is 179 Å². The average Bonchev–Trinajstić information content (AvgIpc) is 3.04. The van der Waals surface area contributed by atoms with Crippen molar-refractivity contribution in [2.45, 2.75) is 64.3 Å². The van der Waals surface area contributed by atoms with Gasteiger partial charge in [0.15, 0.2) is 5.16 Å². The lowest BCUT2D eigenvalue weighted by Gasteiger charge is -2.13. The number of nitro benzene ring substituents is 1. The highest BCUT2D eigenvalue weighted by Crippen LogP contribution is 2.28. The quantitative estimate of drug-likeness (QED) is 0.160. The highest BCUT2D eigenvalue weighted by molar-refractivity contribution is 7.99. The molecule has 0 amide bonds. The minimum Gasteiger partial charge on any atom is -0.466 e. The molecule has 30 heavy (non-hydrogen) atoms. The third-order valence-electron chi connectivity index (χ3n) is 4.41. The van der Waals surface area contributed by atoms with Gasteiger partial charge >= 0.3 is 11.9 Å². The van der Waals surface area contributed by atoms with Crippen molar-refractivity contribution in [3.8, 4) is 0 Å². The van der Waals surface area contributed by atoms with E-state index in [-0.39, 0.29) is 24.3 Å². The molecule has 1 atom stereocenters. The maximum Gasteiger partial charge on any atom is 0.326 e. The van der Waals surface area contributed by atoms with E-state index < -0.39 is 10.9 Å². The molecule has 0 spiro atoms. The summed E-state index contributed by atoms with van der Waals surface area (Å²) in [6, 6.07) is 4.39. The summed E-state index contributed by atoms with van der Waals surface area (Å²) in [4.78, 5) is 39.0. The highest BCUT2D eigenvalue weighted by Gasteiger charge is 2.19. The van der Waals surface area contributed by atoms with E-state index in [1.165, 1.54) is 23.9 Å². The summed E-state index contributed by atoms with van der Waals surface area (Å²) in [5.74, 6) is 0.0553. The van der Waals surface area contributed by atoms with Gasteiger partial charge < -0.3 is 14.0 Å². The van der Waals surface area contributed by atoms with Crippen molar-refractivity contribution >= 4 is 40.4 Å². The zero-order valence-electron chi connectivity index (χ0n) is 17.5. The second-order valence-electron chi connectivity index (χ2n) is 6.73. The number of nitrogens with zero attached hydrogens (tertiary/aromatic N) is 3. The number of non-ortho nitro benzene ring substituents is 1. The first-order valence-electron chi connectivity index (χ1n) is 9.98. The monoisotopic (exact) mass is 437 g/mol. The topological polar surface area (TPSA) is 114 Å². The van der Waals surface area contributed by atoms with Gasteiger partial charge in [-0.15, -0.1) is 0 Å². The summed E-state index contributed by atoms with van der Waals surface area (Å²) in [6.07, 6.45) is 2.31. The van der Waals surface area contributed by atoms with Gasteiger partial charge in [-0.1, -0.05) is 18.7 Å². The number of hydrogen-bond donors (Lipinski definition) is 0. The van der Waals surface area contributed by atoms with Crippen molar-refractivity contribution in [2.24, 2.45) is 0 Å². The van der Waals surface area contributed by atoms with Crippen molar-refractivity contribution in [1.82, 2.24) is 9.55 Å². The van der Waals surface area contributed by atoms with Crippen molar-refractivity contribution in [3.63, 3.8) is 0 Å². The predicted molar refractivity (Wildman–Crippen MR) is 113 cm³/mol.